The maximum Gasteiger partial charge on any atom is 0.124 e. The fraction of sp³-hybridized carbons (Fsp3) is 0.308. The molecule has 0 amide bonds. The Balaban J connectivity index is 2.66. The highest BCUT2D eigenvalue weighted by molar-refractivity contribution is 9.09. The summed E-state index contributed by atoms with van der Waals surface area (Å²) in [4.78, 5) is 4.74. The molecule has 0 saturated heterocycles. The average molecular weight is 293 g/mol. The van der Waals surface area contributed by atoms with Gasteiger partial charge in [-0.05, 0) is 19.1 Å². The van der Waals surface area contributed by atoms with Crippen molar-refractivity contribution < 1.29 is 4.74 Å². The van der Waals surface area contributed by atoms with Gasteiger partial charge in [0.25, 0.3) is 0 Å². The Kier molecular flexibility index (Phi) is 3.39. The Morgan fingerprint density at radius 1 is 1.59 bits per heavy atom. The number of alkyl halides is 1. The summed E-state index contributed by atoms with van der Waals surface area (Å²) in [5, 5.41) is 0. The third-order valence-corrected chi connectivity index (χ3v) is 3.00. The fourth-order valence-corrected chi connectivity index (χ4v) is 2.17. The minimum absolute atomic E-state index is 0.161. The number of ether oxygens (including phenoxy) is 1. The van der Waals surface area contributed by atoms with Crippen LogP contribution < -0.4 is 4.74 Å². The van der Waals surface area contributed by atoms with E-state index in [1.807, 2.05) is 29.7 Å². The zero-order chi connectivity index (χ0) is 12.4. The van der Waals surface area contributed by atoms with Gasteiger partial charge in [0.15, 0.2) is 0 Å². The summed E-state index contributed by atoms with van der Waals surface area (Å²) in [6.07, 6.45) is 5.40. The predicted octanol–water partition coefficient (Wildman–Crippen LogP) is 3.13. The van der Waals surface area contributed by atoms with Crippen LogP contribution in [0.15, 0.2) is 18.2 Å². The van der Waals surface area contributed by atoms with Crippen LogP contribution in [0.4, 0.5) is 0 Å². The van der Waals surface area contributed by atoms with Crippen LogP contribution in [-0.2, 0) is 6.54 Å². The van der Waals surface area contributed by atoms with E-state index in [0.717, 1.165) is 22.6 Å². The summed E-state index contributed by atoms with van der Waals surface area (Å²) >= 11 is 3.53. The molecule has 3 nitrogen and oxygen atoms in total. The van der Waals surface area contributed by atoms with Crippen molar-refractivity contribution in [1.29, 1.82) is 0 Å². The first-order valence-electron chi connectivity index (χ1n) is 5.29. The van der Waals surface area contributed by atoms with E-state index >= 15 is 0 Å². The van der Waals surface area contributed by atoms with E-state index in [9.17, 15) is 0 Å². The van der Waals surface area contributed by atoms with E-state index in [-0.39, 0.29) is 4.83 Å². The Morgan fingerprint density at radius 2 is 2.35 bits per heavy atom. The monoisotopic (exact) mass is 292 g/mol. The van der Waals surface area contributed by atoms with E-state index in [0.29, 0.717) is 6.54 Å². The standard InChI is InChI=1S/C13H13BrN2O/c1-4-7-16-12-6-5-10(17-3)8-11(12)15-13(16)9(2)14/h1,5-6,8-9H,7H2,2-3H3. The minimum Gasteiger partial charge on any atom is -0.497 e. The van der Waals surface area contributed by atoms with Crippen molar-refractivity contribution in [3.05, 3.63) is 24.0 Å². The first kappa shape index (κ1) is 12.0. The minimum atomic E-state index is 0.161. The lowest BCUT2D eigenvalue weighted by atomic mass is 10.3. The van der Waals surface area contributed by atoms with E-state index in [2.05, 4.69) is 26.8 Å². The van der Waals surface area contributed by atoms with Crippen molar-refractivity contribution in [3.8, 4) is 18.1 Å². The van der Waals surface area contributed by atoms with Gasteiger partial charge in [0, 0.05) is 6.07 Å². The third kappa shape index (κ3) is 2.16. The number of fused-ring (bicyclic) bond motifs is 1. The van der Waals surface area contributed by atoms with Gasteiger partial charge in [0.1, 0.15) is 11.6 Å². The van der Waals surface area contributed by atoms with Gasteiger partial charge in [-0.15, -0.1) is 6.42 Å². The molecule has 2 aromatic rings. The molecule has 1 atom stereocenters. The highest BCUT2D eigenvalue weighted by Gasteiger charge is 2.14. The van der Waals surface area contributed by atoms with Crippen LogP contribution in [-0.4, -0.2) is 16.7 Å². The lowest BCUT2D eigenvalue weighted by Gasteiger charge is -2.06. The number of imidazole rings is 1. The van der Waals surface area contributed by atoms with Crippen LogP contribution in [0.3, 0.4) is 0 Å². The van der Waals surface area contributed by atoms with Crippen LogP contribution in [0, 0.1) is 12.3 Å². The van der Waals surface area contributed by atoms with E-state index in [1.54, 1.807) is 7.11 Å². The van der Waals surface area contributed by atoms with Crippen molar-refractivity contribution in [2.45, 2.75) is 18.3 Å². The highest BCUT2D eigenvalue weighted by atomic mass is 79.9. The molecule has 0 bridgehead atoms. The second kappa shape index (κ2) is 4.80. The highest BCUT2D eigenvalue weighted by Crippen LogP contribution is 2.27. The number of terminal acetylenes is 1. The molecule has 0 aliphatic rings. The molecule has 0 radical (unpaired) electrons. The number of benzene rings is 1. The lowest BCUT2D eigenvalue weighted by Crippen LogP contribution is -2.02. The Labute approximate surface area is 109 Å². The van der Waals surface area contributed by atoms with Gasteiger partial charge in [-0.1, -0.05) is 21.9 Å². The zero-order valence-corrected chi connectivity index (χ0v) is 11.4. The Hall–Kier alpha value is -1.47. The molecule has 0 spiro atoms. The smallest absolute Gasteiger partial charge is 0.124 e. The van der Waals surface area contributed by atoms with Crippen LogP contribution in [0.25, 0.3) is 11.0 Å². The number of hydrogen-bond donors (Lipinski definition) is 0. The molecule has 2 rings (SSSR count). The Bertz CT molecular complexity index is 581. The topological polar surface area (TPSA) is 27.1 Å². The number of nitrogens with zero attached hydrogens (tertiary/aromatic N) is 2. The molecule has 4 heteroatoms. The van der Waals surface area contributed by atoms with Crippen molar-refractivity contribution >= 4 is 27.0 Å². The molecule has 88 valence electrons. The molecule has 1 aromatic carbocycles. The van der Waals surface area contributed by atoms with Gasteiger partial charge >= 0.3 is 0 Å². The van der Waals surface area contributed by atoms with E-state index in [4.69, 9.17) is 11.2 Å². The number of halogens is 1. The lowest BCUT2D eigenvalue weighted by molar-refractivity contribution is 0.415. The van der Waals surface area contributed by atoms with Gasteiger partial charge in [0.05, 0.1) is 29.5 Å². The average Bonchev–Trinajstić information content (AvgIpc) is 2.68. The summed E-state index contributed by atoms with van der Waals surface area (Å²) in [6.45, 7) is 2.56. The summed E-state index contributed by atoms with van der Waals surface area (Å²) in [7, 11) is 1.65. The van der Waals surface area contributed by atoms with Crippen molar-refractivity contribution in [2.75, 3.05) is 7.11 Å². The number of hydrogen-bond acceptors (Lipinski definition) is 2. The summed E-state index contributed by atoms with van der Waals surface area (Å²) in [5.41, 5.74) is 1.94. The fourth-order valence-electron chi connectivity index (χ4n) is 1.82. The molecule has 0 N–H and O–H groups in total. The molecule has 0 fully saturated rings. The second-order valence-corrected chi connectivity index (χ2v) is 5.10. The maximum absolute atomic E-state index is 5.40. The SMILES string of the molecule is C#CCn1c(C(C)Br)nc2cc(OC)ccc21. The van der Waals surface area contributed by atoms with Gasteiger partial charge in [-0.25, -0.2) is 4.98 Å². The molecule has 1 aromatic heterocycles. The van der Waals surface area contributed by atoms with Crippen LogP contribution >= 0.6 is 15.9 Å². The predicted molar refractivity (Wildman–Crippen MR) is 72.5 cm³/mol. The zero-order valence-electron chi connectivity index (χ0n) is 9.77. The van der Waals surface area contributed by atoms with Crippen LogP contribution in [0.5, 0.6) is 5.75 Å². The summed E-state index contributed by atoms with van der Waals surface area (Å²) in [5.74, 6) is 4.40. The van der Waals surface area contributed by atoms with Gasteiger partial charge < -0.3 is 9.30 Å². The van der Waals surface area contributed by atoms with Crippen LogP contribution in [0.2, 0.25) is 0 Å². The normalized spacial score (nSPS) is 12.4. The first-order valence-corrected chi connectivity index (χ1v) is 6.20. The van der Waals surface area contributed by atoms with Crippen LogP contribution in [0.1, 0.15) is 17.6 Å². The van der Waals surface area contributed by atoms with Crippen molar-refractivity contribution in [2.24, 2.45) is 0 Å². The quantitative estimate of drug-likeness (QED) is 0.642. The van der Waals surface area contributed by atoms with Gasteiger partial charge in [-0.3, -0.25) is 0 Å². The number of rotatable bonds is 3. The molecule has 1 unspecified atom stereocenters. The molecule has 1 heterocycles. The molecule has 0 aliphatic heterocycles. The molecule has 0 saturated carbocycles. The van der Waals surface area contributed by atoms with Gasteiger partial charge in [0.2, 0.25) is 0 Å². The second-order valence-electron chi connectivity index (χ2n) is 3.73. The van der Waals surface area contributed by atoms with Crippen molar-refractivity contribution in [1.82, 2.24) is 9.55 Å². The Morgan fingerprint density at radius 3 is 2.94 bits per heavy atom. The molecule has 17 heavy (non-hydrogen) atoms. The summed E-state index contributed by atoms with van der Waals surface area (Å²) in [6, 6.07) is 5.82. The van der Waals surface area contributed by atoms with Gasteiger partial charge in [-0.2, -0.15) is 0 Å². The third-order valence-electron chi connectivity index (χ3n) is 2.59. The summed E-state index contributed by atoms with van der Waals surface area (Å²) < 4.78 is 7.23. The van der Waals surface area contributed by atoms with E-state index < -0.39 is 0 Å². The van der Waals surface area contributed by atoms with E-state index in [1.165, 1.54) is 0 Å². The number of aromatic nitrogens is 2. The molecular formula is C13H13BrN2O. The number of methoxy groups -OCH3 is 1. The molecule has 0 aliphatic carbocycles. The largest absolute Gasteiger partial charge is 0.497 e. The maximum atomic E-state index is 5.40. The molecular weight excluding hydrogens is 280 g/mol. The first-order chi connectivity index (χ1) is 8.17. The van der Waals surface area contributed by atoms with Crippen molar-refractivity contribution in [3.63, 3.8) is 0 Å².